The van der Waals surface area contributed by atoms with Crippen molar-refractivity contribution in [3.05, 3.63) is 23.8 Å². The molecule has 0 aromatic carbocycles. The lowest BCUT2D eigenvalue weighted by atomic mass is 10.4. The van der Waals surface area contributed by atoms with Crippen LogP contribution in [0.1, 0.15) is 11.4 Å². The van der Waals surface area contributed by atoms with Crippen LogP contribution in [0, 0.1) is 0 Å². The molecule has 0 amide bonds. The van der Waals surface area contributed by atoms with E-state index in [1.807, 2.05) is 0 Å². The highest BCUT2D eigenvalue weighted by atomic mass is 19.4. The topological polar surface area (TPSA) is 63.8 Å². The van der Waals surface area contributed by atoms with Crippen molar-refractivity contribution in [2.45, 2.75) is 12.7 Å². The average molecular weight is 220 g/mol. The third kappa shape index (κ3) is 3.80. The first-order chi connectivity index (χ1) is 7.04. The number of rotatable bonds is 4. The fraction of sp³-hybridized carbons (Fsp3) is 0.500. The van der Waals surface area contributed by atoms with Gasteiger partial charge in [0.2, 0.25) is 0 Å². The zero-order chi connectivity index (χ0) is 11.3. The van der Waals surface area contributed by atoms with E-state index >= 15 is 0 Å². The standard InChI is InChI=1S/C8H11F3N4/c9-8(10,11)7-5-14-6(4-15-7)3-13-2-1-12/h4-5,13H,1-3,12H2. The summed E-state index contributed by atoms with van der Waals surface area (Å²) in [6.45, 7) is 1.42. The summed E-state index contributed by atoms with van der Waals surface area (Å²) >= 11 is 0. The molecule has 1 heterocycles. The predicted molar refractivity (Wildman–Crippen MR) is 47.8 cm³/mol. The molecule has 84 valence electrons. The third-order valence-electron chi connectivity index (χ3n) is 1.62. The molecule has 0 unspecified atom stereocenters. The van der Waals surface area contributed by atoms with Crippen LogP contribution >= 0.6 is 0 Å². The molecular formula is C8H11F3N4. The average Bonchev–Trinajstić information content (AvgIpc) is 2.18. The Morgan fingerprint density at radius 3 is 2.47 bits per heavy atom. The summed E-state index contributed by atoms with van der Waals surface area (Å²) in [7, 11) is 0. The molecule has 1 aromatic heterocycles. The Balaban J connectivity index is 2.57. The Kier molecular flexibility index (Phi) is 3.98. The van der Waals surface area contributed by atoms with Gasteiger partial charge in [-0.25, -0.2) is 4.98 Å². The second-order valence-corrected chi connectivity index (χ2v) is 2.86. The van der Waals surface area contributed by atoms with Crippen molar-refractivity contribution in [1.82, 2.24) is 15.3 Å². The Morgan fingerprint density at radius 2 is 2.00 bits per heavy atom. The van der Waals surface area contributed by atoms with E-state index in [1.54, 1.807) is 0 Å². The molecule has 0 atom stereocenters. The monoisotopic (exact) mass is 220 g/mol. The van der Waals surface area contributed by atoms with Crippen LogP contribution in [0.25, 0.3) is 0 Å². The van der Waals surface area contributed by atoms with E-state index in [-0.39, 0.29) is 0 Å². The lowest BCUT2D eigenvalue weighted by molar-refractivity contribution is -0.141. The molecule has 0 saturated carbocycles. The second-order valence-electron chi connectivity index (χ2n) is 2.86. The molecule has 0 fully saturated rings. The summed E-state index contributed by atoms with van der Waals surface area (Å²) < 4.78 is 36.3. The van der Waals surface area contributed by atoms with E-state index in [2.05, 4.69) is 15.3 Å². The van der Waals surface area contributed by atoms with E-state index in [1.165, 1.54) is 0 Å². The number of nitrogens with one attached hydrogen (secondary N) is 1. The Hall–Kier alpha value is -1.21. The molecule has 0 spiro atoms. The molecule has 0 radical (unpaired) electrons. The Bertz CT molecular complexity index is 296. The summed E-state index contributed by atoms with van der Waals surface area (Å²) in [4.78, 5) is 6.90. The highest BCUT2D eigenvalue weighted by molar-refractivity contribution is 5.05. The highest BCUT2D eigenvalue weighted by Crippen LogP contribution is 2.26. The molecule has 0 bridgehead atoms. The van der Waals surface area contributed by atoms with Crippen molar-refractivity contribution < 1.29 is 13.2 Å². The third-order valence-corrected chi connectivity index (χ3v) is 1.62. The van der Waals surface area contributed by atoms with E-state index in [9.17, 15) is 13.2 Å². The summed E-state index contributed by atoms with van der Waals surface area (Å²) in [6, 6.07) is 0. The maximum atomic E-state index is 12.1. The van der Waals surface area contributed by atoms with Gasteiger partial charge in [-0.2, -0.15) is 13.2 Å². The van der Waals surface area contributed by atoms with Crippen molar-refractivity contribution in [2.24, 2.45) is 5.73 Å². The maximum Gasteiger partial charge on any atom is 0.434 e. The zero-order valence-electron chi connectivity index (χ0n) is 7.88. The molecule has 0 aliphatic carbocycles. The van der Waals surface area contributed by atoms with Gasteiger partial charge in [0.05, 0.1) is 18.1 Å². The van der Waals surface area contributed by atoms with Crippen molar-refractivity contribution in [2.75, 3.05) is 13.1 Å². The Labute approximate surface area is 84.7 Å². The lowest BCUT2D eigenvalue weighted by Crippen LogP contribution is -2.22. The molecular weight excluding hydrogens is 209 g/mol. The molecule has 1 aromatic rings. The van der Waals surface area contributed by atoms with Crippen molar-refractivity contribution in [1.29, 1.82) is 0 Å². The highest BCUT2D eigenvalue weighted by Gasteiger charge is 2.32. The number of hydrogen-bond donors (Lipinski definition) is 2. The van der Waals surface area contributed by atoms with E-state index in [4.69, 9.17) is 5.73 Å². The van der Waals surface area contributed by atoms with E-state index in [0.29, 0.717) is 25.3 Å². The first kappa shape index (κ1) is 11.9. The fourth-order valence-corrected chi connectivity index (χ4v) is 0.911. The number of nitrogens with two attached hydrogens (primary N) is 1. The van der Waals surface area contributed by atoms with E-state index < -0.39 is 11.9 Å². The minimum absolute atomic E-state index is 0.363. The van der Waals surface area contributed by atoms with Gasteiger partial charge in [-0.1, -0.05) is 0 Å². The maximum absolute atomic E-state index is 12.1. The SMILES string of the molecule is NCCNCc1cnc(C(F)(F)F)cn1. The molecule has 1 rings (SSSR count). The number of aromatic nitrogens is 2. The minimum Gasteiger partial charge on any atom is -0.329 e. The van der Waals surface area contributed by atoms with Gasteiger partial charge in [0.15, 0.2) is 5.69 Å². The largest absolute Gasteiger partial charge is 0.434 e. The van der Waals surface area contributed by atoms with Crippen LogP contribution in [-0.2, 0) is 12.7 Å². The first-order valence-corrected chi connectivity index (χ1v) is 4.33. The molecule has 3 N–H and O–H groups in total. The van der Waals surface area contributed by atoms with Crippen LogP contribution in [0.5, 0.6) is 0 Å². The first-order valence-electron chi connectivity index (χ1n) is 4.33. The quantitative estimate of drug-likeness (QED) is 0.727. The fourth-order valence-electron chi connectivity index (χ4n) is 0.911. The zero-order valence-corrected chi connectivity index (χ0v) is 7.88. The predicted octanol–water partition coefficient (Wildman–Crippen LogP) is 0.544. The van der Waals surface area contributed by atoms with Crippen molar-refractivity contribution in [3.63, 3.8) is 0 Å². The van der Waals surface area contributed by atoms with Gasteiger partial charge in [-0.05, 0) is 0 Å². The van der Waals surface area contributed by atoms with Gasteiger partial charge in [0, 0.05) is 19.6 Å². The van der Waals surface area contributed by atoms with Gasteiger partial charge in [0.1, 0.15) is 0 Å². The summed E-state index contributed by atoms with van der Waals surface area (Å²) in [6.07, 6.45) is -2.61. The van der Waals surface area contributed by atoms with Crippen LogP contribution in [0.2, 0.25) is 0 Å². The van der Waals surface area contributed by atoms with Crippen LogP contribution in [0.15, 0.2) is 12.4 Å². The van der Waals surface area contributed by atoms with Crippen molar-refractivity contribution >= 4 is 0 Å². The van der Waals surface area contributed by atoms with Gasteiger partial charge >= 0.3 is 6.18 Å². The number of alkyl halides is 3. The molecule has 0 aliphatic heterocycles. The van der Waals surface area contributed by atoms with Crippen LogP contribution in [0.3, 0.4) is 0 Å². The minimum atomic E-state index is -4.43. The van der Waals surface area contributed by atoms with Gasteiger partial charge in [0.25, 0.3) is 0 Å². The van der Waals surface area contributed by atoms with Gasteiger partial charge in [-0.15, -0.1) is 0 Å². The molecule has 7 heteroatoms. The van der Waals surface area contributed by atoms with Crippen molar-refractivity contribution in [3.8, 4) is 0 Å². The molecule has 0 aliphatic rings. The molecule has 0 saturated heterocycles. The number of halogens is 3. The normalized spacial score (nSPS) is 11.7. The Morgan fingerprint density at radius 1 is 1.27 bits per heavy atom. The molecule has 15 heavy (non-hydrogen) atoms. The van der Waals surface area contributed by atoms with Gasteiger partial charge in [-0.3, -0.25) is 4.98 Å². The van der Waals surface area contributed by atoms with Gasteiger partial charge < -0.3 is 11.1 Å². The number of nitrogens with zero attached hydrogens (tertiary/aromatic N) is 2. The summed E-state index contributed by atoms with van der Waals surface area (Å²) in [5.74, 6) is 0. The second kappa shape index (κ2) is 5.04. The lowest BCUT2D eigenvalue weighted by Gasteiger charge is -2.06. The number of hydrogen-bond acceptors (Lipinski definition) is 4. The van der Waals surface area contributed by atoms with Crippen LogP contribution in [0.4, 0.5) is 13.2 Å². The van der Waals surface area contributed by atoms with Crippen LogP contribution in [-0.4, -0.2) is 23.1 Å². The van der Waals surface area contributed by atoms with E-state index in [0.717, 1.165) is 12.4 Å². The summed E-state index contributed by atoms with van der Waals surface area (Å²) in [5.41, 5.74) is 4.70. The smallest absolute Gasteiger partial charge is 0.329 e. The summed E-state index contributed by atoms with van der Waals surface area (Å²) in [5, 5.41) is 2.90. The molecule has 4 nitrogen and oxygen atoms in total. The van der Waals surface area contributed by atoms with Crippen LogP contribution < -0.4 is 11.1 Å².